The standard InChI is InChI=1S/C14H24N4O6S/c1-7(13(22)18-4-2-3-10(18)14(23)24)16-12(21)9(5-19)17-11(20)8(15)6-25/h7-10,19,25H,2-6,15H2,1H3,(H,16,21)(H,17,20)(H,23,24). The number of hydrogen-bond acceptors (Lipinski definition) is 7. The highest BCUT2D eigenvalue weighted by Crippen LogP contribution is 2.18. The van der Waals surface area contributed by atoms with Gasteiger partial charge in [-0.25, -0.2) is 4.79 Å². The van der Waals surface area contributed by atoms with Crippen LogP contribution in [0.25, 0.3) is 0 Å². The van der Waals surface area contributed by atoms with Crippen molar-refractivity contribution in [3.05, 3.63) is 0 Å². The topological polar surface area (TPSA) is 162 Å². The number of nitrogens with zero attached hydrogens (tertiary/aromatic N) is 1. The van der Waals surface area contributed by atoms with Crippen molar-refractivity contribution < 1.29 is 29.4 Å². The Labute approximate surface area is 150 Å². The zero-order chi connectivity index (χ0) is 19.1. The molecule has 0 bridgehead atoms. The lowest BCUT2D eigenvalue weighted by Gasteiger charge is -2.26. The summed E-state index contributed by atoms with van der Waals surface area (Å²) in [6, 6.07) is -4.13. The molecule has 0 aromatic heterocycles. The molecule has 1 saturated heterocycles. The van der Waals surface area contributed by atoms with Gasteiger partial charge in [0.2, 0.25) is 17.7 Å². The quantitative estimate of drug-likeness (QED) is 0.251. The molecule has 1 aliphatic rings. The van der Waals surface area contributed by atoms with Gasteiger partial charge >= 0.3 is 5.97 Å². The van der Waals surface area contributed by atoms with Crippen LogP contribution in [0.4, 0.5) is 0 Å². The molecule has 0 aromatic rings. The second-order valence-corrected chi connectivity index (χ2v) is 6.16. The van der Waals surface area contributed by atoms with Gasteiger partial charge in [-0.2, -0.15) is 12.6 Å². The Kier molecular flexibility index (Phi) is 8.13. The molecule has 1 fully saturated rings. The number of nitrogens with two attached hydrogens (primary N) is 1. The minimum atomic E-state index is -1.28. The molecule has 0 aromatic carbocycles. The predicted octanol–water partition coefficient (Wildman–Crippen LogP) is -2.70. The van der Waals surface area contributed by atoms with Crippen LogP contribution in [0.1, 0.15) is 19.8 Å². The average molecular weight is 376 g/mol. The van der Waals surface area contributed by atoms with Crippen molar-refractivity contribution in [2.24, 2.45) is 5.73 Å². The summed E-state index contributed by atoms with van der Waals surface area (Å²) in [4.78, 5) is 48.5. The Morgan fingerprint density at radius 1 is 1.28 bits per heavy atom. The Hall–Kier alpha value is -1.85. The number of rotatable bonds is 8. The summed E-state index contributed by atoms with van der Waals surface area (Å²) < 4.78 is 0. The molecule has 4 unspecified atom stereocenters. The summed E-state index contributed by atoms with van der Waals surface area (Å²) >= 11 is 3.87. The minimum absolute atomic E-state index is 0.0615. The number of aliphatic hydroxyl groups is 1. The molecule has 25 heavy (non-hydrogen) atoms. The molecule has 3 amide bonds. The van der Waals surface area contributed by atoms with Crippen LogP contribution < -0.4 is 16.4 Å². The first-order valence-electron chi connectivity index (χ1n) is 7.84. The van der Waals surface area contributed by atoms with Crippen LogP contribution in [0.5, 0.6) is 0 Å². The van der Waals surface area contributed by atoms with E-state index in [0.29, 0.717) is 19.4 Å². The van der Waals surface area contributed by atoms with Gasteiger partial charge in [0.25, 0.3) is 0 Å². The maximum absolute atomic E-state index is 12.4. The van der Waals surface area contributed by atoms with Crippen LogP contribution in [0.3, 0.4) is 0 Å². The van der Waals surface area contributed by atoms with Crippen LogP contribution in [0, 0.1) is 0 Å². The first-order valence-corrected chi connectivity index (χ1v) is 8.47. The number of carboxylic acid groups (broad SMARTS) is 1. The number of nitrogens with one attached hydrogen (secondary N) is 2. The molecular formula is C14H24N4O6S. The van der Waals surface area contributed by atoms with Crippen molar-refractivity contribution in [3.63, 3.8) is 0 Å². The zero-order valence-corrected chi connectivity index (χ0v) is 14.7. The van der Waals surface area contributed by atoms with Crippen LogP contribution in [0.15, 0.2) is 0 Å². The van der Waals surface area contributed by atoms with Crippen molar-refractivity contribution in [1.29, 1.82) is 0 Å². The fourth-order valence-electron chi connectivity index (χ4n) is 2.47. The van der Waals surface area contributed by atoms with Gasteiger partial charge in [-0.1, -0.05) is 0 Å². The van der Waals surface area contributed by atoms with Crippen LogP contribution in [-0.4, -0.2) is 81.9 Å². The highest BCUT2D eigenvalue weighted by atomic mass is 32.1. The molecule has 0 radical (unpaired) electrons. The molecule has 0 spiro atoms. The highest BCUT2D eigenvalue weighted by molar-refractivity contribution is 7.80. The van der Waals surface area contributed by atoms with Gasteiger partial charge in [0.1, 0.15) is 18.1 Å². The van der Waals surface area contributed by atoms with Gasteiger partial charge in [-0.15, -0.1) is 0 Å². The number of aliphatic hydroxyl groups excluding tert-OH is 1. The third-order valence-corrected chi connectivity index (χ3v) is 4.29. The number of aliphatic carboxylic acids is 1. The van der Waals surface area contributed by atoms with E-state index in [0.717, 1.165) is 0 Å². The van der Waals surface area contributed by atoms with Crippen LogP contribution in [0.2, 0.25) is 0 Å². The third-order valence-electron chi connectivity index (χ3n) is 3.90. The van der Waals surface area contributed by atoms with E-state index >= 15 is 0 Å². The number of thiol groups is 1. The fourth-order valence-corrected chi connectivity index (χ4v) is 2.63. The molecular weight excluding hydrogens is 352 g/mol. The first kappa shape index (κ1) is 21.2. The summed E-state index contributed by atoms with van der Waals surface area (Å²) in [6.07, 6.45) is 0.930. The van der Waals surface area contributed by atoms with E-state index in [4.69, 9.17) is 10.8 Å². The number of hydrogen-bond donors (Lipinski definition) is 6. The van der Waals surface area contributed by atoms with Gasteiger partial charge in [-0.05, 0) is 19.8 Å². The molecule has 1 heterocycles. The van der Waals surface area contributed by atoms with Crippen LogP contribution in [-0.2, 0) is 19.2 Å². The number of likely N-dealkylation sites (tertiary alicyclic amines) is 1. The normalized spacial score (nSPS) is 20.5. The maximum atomic E-state index is 12.4. The second-order valence-electron chi connectivity index (χ2n) is 5.79. The van der Waals surface area contributed by atoms with Gasteiger partial charge in [0.05, 0.1) is 12.6 Å². The molecule has 11 heteroatoms. The summed E-state index contributed by atoms with van der Waals surface area (Å²) in [6.45, 7) is 1.03. The van der Waals surface area contributed by atoms with E-state index < -0.39 is 54.5 Å². The lowest BCUT2D eigenvalue weighted by molar-refractivity contribution is -0.149. The Bertz CT molecular complexity index is 531. The van der Waals surface area contributed by atoms with E-state index in [2.05, 4.69) is 23.3 Å². The number of carboxylic acids is 1. The molecule has 142 valence electrons. The lowest BCUT2D eigenvalue weighted by atomic mass is 10.2. The number of amides is 3. The van der Waals surface area contributed by atoms with E-state index in [-0.39, 0.29) is 5.75 Å². The SMILES string of the molecule is CC(NC(=O)C(CO)NC(=O)C(N)CS)C(=O)N1CCCC1C(=O)O. The maximum Gasteiger partial charge on any atom is 0.326 e. The minimum Gasteiger partial charge on any atom is -0.480 e. The Morgan fingerprint density at radius 2 is 1.92 bits per heavy atom. The summed E-state index contributed by atoms with van der Waals surface area (Å²) in [5.41, 5.74) is 5.48. The van der Waals surface area contributed by atoms with E-state index in [1.54, 1.807) is 0 Å². The zero-order valence-electron chi connectivity index (χ0n) is 13.8. The first-order chi connectivity index (χ1) is 11.7. The Morgan fingerprint density at radius 3 is 2.44 bits per heavy atom. The third kappa shape index (κ3) is 5.58. The fraction of sp³-hybridized carbons (Fsp3) is 0.714. The molecule has 0 saturated carbocycles. The molecule has 6 N–H and O–H groups in total. The van der Waals surface area contributed by atoms with Crippen molar-refractivity contribution in [2.75, 3.05) is 18.9 Å². The monoisotopic (exact) mass is 376 g/mol. The van der Waals surface area contributed by atoms with E-state index in [1.165, 1.54) is 11.8 Å². The van der Waals surface area contributed by atoms with E-state index in [1.807, 2.05) is 0 Å². The van der Waals surface area contributed by atoms with Gasteiger partial charge < -0.3 is 31.5 Å². The van der Waals surface area contributed by atoms with Gasteiger partial charge in [-0.3, -0.25) is 14.4 Å². The molecule has 4 atom stereocenters. The number of carbonyl (C=O) groups is 4. The highest BCUT2D eigenvalue weighted by Gasteiger charge is 2.36. The van der Waals surface area contributed by atoms with Crippen molar-refractivity contribution >= 4 is 36.3 Å². The smallest absolute Gasteiger partial charge is 0.326 e. The number of carbonyl (C=O) groups excluding carboxylic acids is 3. The Balaban J connectivity index is 2.65. The van der Waals surface area contributed by atoms with Gasteiger partial charge in [0.15, 0.2) is 0 Å². The molecule has 1 rings (SSSR count). The summed E-state index contributed by atoms with van der Waals surface area (Å²) in [5, 5.41) is 23.0. The summed E-state index contributed by atoms with van der Waals surface area (Å²) in [7, 11) is 0. The van der Waals surface area contributed by atoms with Crippen LogP contribution >= 0.6 is 12.6 Å². The van der Waals surface area contributed by atoms with Crippen molar-refractivity contribution in [2.45, 2.75) is 43.9 Å². The predicted molar refractivity (Wildman–Crippen MR) is 90.8 cm³/mol. The van der Waals surface area contributed by atoms with Crippen molar-refractivity contribution in [1.82, 2.24) is 15.5 Å². The lowest BCUT2D eigenvalue weighted by Crippen LogP contribution is -2.57. The van der Waals surface area contributed by atoms with Crippen molar-refractivity contribution in [3.8, 4) is 0 Å². The molecule has 1 aliphatic heterocycles. The molecule has 0 aliphatic carbocycles. The largest absolute Gasteiger partial charge is 0.480 e. The van der Waals surface area contributed by atoms with E-state index in [9.17, 15) is 24.3 Å². The average Bonchev–Trinajstić information content (AvgIpc) is 3.07. The summed E-state index contributed by atoms with van der Waals surface area (Å²) in [5.74, 6) is -2.99. The van der Waals surface area contributed by atoms with Gasteiger partial charge in [0, 0.05) is 12.3 Å². The molecule has 10 nitrogen and oxygen atoms in total. The second kappa shape index (κ2) is 9.59.